The number of aryl methyl sites for hydroxylation is 1. The Hall–Kier alpha value is -3.06. The van der Waals surface area contributed by atoms with Crippen molar-refractivity contribution in [3.05, 3.63) is 94.6 Å². The Morgan fingerprint density at radius 2 is 2.00 bits per heavy atom. The second-order valence-corrected chi connectivity index (χ2v) is 8.80. The number of imidazole rings is 1. The van der Waals surface area contributed by atoms with Gasteiger partial charge < -0.3 is 15.5 Å². The topological polar surface area (TPSA) is 80.1 Å². The van der Waals surface area contributed by atoms with Crippen molar-refractivity contribution in [1.82, 2.24) is 19.9 Å². The molecule has 6 nitrogen and oxygen atoms in total. The monoisotopic (exact) mass is 441 g/mol. The first-order valence-electron chi connectivity index (χ1n) is 11.7. The summed E-state index contributed by atoms with van der Waals surface area (Å²) in [6.45, 7) is 2.61. The molecule has 0 aliphatic heterocycles. The number of fused-ring (bicyclic) bond motifs is 2. The molecule has 1 aliphatic rings. The molecule has 6 heteroatoms. The first-order valence-corrected chi connectivity index (χ1v) is 11.7. The van der Waals surface area contributed by atoms with Crippen molar-refractivity contribution in [3.8, 4) is 0 Å². The van der Waals surface area contributed by atoms with Gasteiger partial charge in [0.15, 0.2) is 0 Å². The van der Waals surface area contributed by atoms with E-state index >= 15 is 0 Å². The fourth-order valence-electron chi connectivity index (χ4n) is 4.96. The summed E-state index contributed by atoms with van der Waals surface area (Å²) in [7, 11) is 1.74. The predicted octanol–water partition coefficient (Wildman–Crippen LogP) is 4.64. The van der Waals surface area contributed by atoms with Crippen LogP contribution in [0.15, 0.2) is 60.8 Å². The number of hydrogen-bond acceptors (Lipinski definition) is 5. The van der Waals surface area contributed by atoms with Gasteiger partial charge in [0.25, 0.3) is 0 Å². The van der Waals surface area contributed by atoms with Crippen molar-refractivity contribution in [2.24, 2.45) is 5.73 Å². The van der Waals surface area contributed by atoms with Crippen molar-refractivity contribution in [3.63, 3.8) is 0 Å². The van der Waals surface area contributed by atoms with Gasteiger partial charge >= 0.3 is 0 Å². The van der Waals surface area contributed by atoms with Gasteiger partial charge in [0.05, 0.1) is 35.9 Å². The molecule has 1 unspecified atom stereocenters. The summed E-state index contributed by atoms with van der Waals surface area (Å²) in [5, 5.41) is 0. The standard InChI is InChI=1S/C27H31N5O/c1-33-18-22-14-19(15-28)11-12-21(22)16-32(17-26-30-23-8-2-3-9-24(23)31-26)25-10-4-6-20-7-5-13-29-27(20)25/h2-3,5,7-9,11-14,25H,4,6,10,15-18,28H2,1H3,(H,30,31). The lowest BCUT2D eigenvalue weighted by atomic mass is 9.90. The van der Waals surface area contributed by atoms with E-state index in [0.717, 1.165) is 54.8 Å². The summed E-state index contributed by atoms with van der Waals surface area (Å²) in [6.07, 6.45) is 5.27. The molecule has 0 saturated carbocycles. The Morgan fingerprint density at radius 3 is 2.85 bits per heavy atom. The first-order chi connectivity index (χ1) is 16.2. The molecule has 5 rings (SSSR count). The van der Waals surface area contributed by atoms with Crippen LogP contribution in [0.4, 0.5) is 0 Å². The fraction of sp³-hybridized carbons (Fsp3) is 0.333. The maximum absolute atomic E-state index is 5.90. The smallest absolute Gasteiger partial charge is 0.121 e. The Morgan fingerprint density at radius 1 is 1.09 bits per heavy atom. The van der Waals surface area contributed by atoms with E-state index in [-0.39, 0.29) is 6.04 Å². The quantitative estimate of drug-likeness (QED) is 0.416. The van der Waals surface area contributed by atoms with E-state index in [4.69, 9.17) is 20.4 Å². The molecule has 2 aromatic heterocycles. The third-order valence-corrected chi connectivity index (χ3v) is 6.58. The maximum atomic E-state index is 5.90. The summed E-state index contributed by atoms with van der Waals surface area (Å²) in [6, 6.07) is 19.2. The van der Waals surface area contributed by atoms with Crippen LogP contribution in [0, 0.1) is 0 Å². The second-order valence-electron chi connectivity index (χ2n) is 8.80. The van der Waals surface area contributed by atoms with Gasteiger partial charge in [-0.05, 0) is 59.7 Å². The molecule has 0 bridgehead atoms. The number of rotatable bonds is 8. The number of aromatic amines is 1. The Balaban J connectivity index is 1.52. The minimum atomic E-state index is 0.243. The molecule has 2 heterocycles. The molecule has 4 aromatic rings. The van der Waals surface area contributed by atoms with Crippen LogP contribution in [0.3, 0.4) is 0 Å². The van der Waals surface area contributed by atoms with E-state index in [2.05, 4.69) is 46.3 Å². The molecular weight excluding hydrogens is 410 g/mol. The molecule has 0 spiro atoms. The van der Waals surface area contributed by atoms with Gasteiger partial charge in [0.2, 0.25) is 0 Å². The first kappa shape index (κ1) is 21.8. The van der Waals surface area contributed by atoms with E-state index in [1.165, 1.54) is 22.4 Å². The van der Waals surface area contributed by atoms with Crippen molar-refractivity contribution < 1.29 is 4.74 Å². The minimum Gasteiger partial charge on any atom is -0.380 e. The third-order valence-electron chi connectivity index (χ3n) is 6.58. The number of benzene rings is 2. The number of para-hydroxylation sites is 2. The highest BCUT2D eigenvalue weighted by Gasteiger charge is 2.28. The van der Waals surface area contributed by atoms with Crippen LogP contribution >= 0.6 is 0 Å². The van der Waals surface area contributed by atoms with Crippen LogP contribution in [0.2, 0.25) is 0 Å². The lowest BCUT2D eigenvalue weighted by molar-refractivity contribution is 0.149. The number of aromatic nitrogens is 3. The summed E-state index contributed by atoms with van der Waals surface area (Å²) in [5.41, 5.74) is 14.1. The van der Waals surface area contributed by atoms with E-state index in [1.54, 1.807) is 7.11 Å². The van der Waals surface area contributed by atoms with Crippen molar-refractivity contribution >= 4 is 11.0 Å². The van der Waals surface area contributed by atoms with Gasteiger partial charge in [0, 0.05) is 26.4 Å². The Kier molecular flexibility index (Phi) is 6.48. The molecule has 1 aliphatic carbocycles. The number of nitrogens with two attached hydrogens (primary N) is 1. The number of nitrogens with zero attached hydrogens (tertiary/aromatic N) is 3. The highest BCUT2D eigenvalue weighted by molar-refractivity contribution is 5.74. The van der Waals surface area contributed by atoms with Crippen molar-refractivity contribution in [2.75, 3.05) is 7.11 Å². The number of H-pyrrole nitrogens is 1. The number of pyridine rings is 1. The second kappa shape index (κ2) is 9.83. The largest absolute Gasteiger partial charge is 0.380 e. The molecule has 0 saturated heterocycles. The Bertz CT molecular complexity index is 1200. The fourth-order valence-corrected chi connectivity index (χ4v) is 4.96. The molecule has 170 valence electrons. The summed E-state index contributed by atoms with van der Waals surface area (Å²) >= 11 is 0. The zero-order valence-corrected chi connectivity index (χ0v) is 19.1. The minimum absolute atomic E-state index is 0.243. The normalized spacial score (nSPS) is 15.8. The maximum Gasteiger partial charge on any atom is 0.121 e. The summed E-state index contributed by atoms with van der Waals surface area (Å²) in [4.78, 5) is 15.7. The average Bonchev–Trinajstić information content (AvgIpc) is 3.27. The van der Waals surface area contributed by atoms with Crippen LogP contribution in [0.25, 0.3) is 11.0 Å². The van der Waals surface area contributed by atoms with E-state index < -0.39 is 0 Å². The molecule has 0 amide bonds. The summed E-state index contributed by atoms with van der Waals surface area (Å²) in [5.74, 6) is 0.978. The molecule has 1 atom stereocenters. The number of methoxy groups -OCH3 is 1. The summed E-state index contributed by atoms with van der Waals surface area (Å²) < 4.78 is 5.52. The van der Waals surface area contributed by atoms with Crippen LogP contribution in [-0.4, -0.2) is 27.0 Å². The molecule has 2 aromatic carbocycles. The number of nitrogens with one attached hydrogen (secondary N) is 1. The van der Waals surface area contributed by atoms with Crippen LogP contribution in [-0.2, 0) is 37.4 Å². The van der Waals surface area contributed by atoms with Crippen LogP contribution < -0.4 is 5.73 Å². The molecule has 33 heavy (non-hydrogen) atoms. The van der Waals surface area contributed by atoms with Gasteiger partial charge in [-0.1, -0.05) is 36.4 Å². The number of hydrogen-bond donors (Lipinski definition) is 2. The van der Waals surface area contributed by atoms with E-state index in [9.17, 15) is 0 Å². The highest BCUT2D eigenvalue weighted by Crippen LogP contribution is 2.35. The van der Waals surface area contributed by atoms with Gasteiger partial charge in [-0.25, -0.2) is 4.98 Å². The van der Waals surface area contributed by atoms with Crippen LogP contribution in [0.1, 0.15) is 52.7 Å². The number of ether oxygens (including phenoxy) is 1. The lowest BCUT2D eigenvalue weighted by Crippen LogP contribution is -2.32. The molecule has 0 fully saturated rings. The van der Waals surface area contributed by atoms with Gasteiger partial charge in [-0.2, -0.15) is 0 Å². The molecule has 0 radical (unpaired) electrons. The highest BCUT2D eigenvalue weighted by atomic mass is 16.5. The third kappa shape index (κ3) is 4.69. The van der Waals surface area contributed by atoms with Gasteiger partial charge in [0.1, 0.15) is 5.82 Å². The zero-order chi connectivity index (χ0) is 22.6. The van der Waals surface area contributed by atoms with E-state index in [1.807, 2.05) is 24.4 Å². The molecular formula is C27H31N5O. The van der Waals surface area contributed by atoms with Gasteiger partial charge in [-0.3, -0.25) is 9.88 Å². The molecule has 3 N–H and O–H groups in total. The van der Waals surface area contributed by atoms with Crippen molar-refractivity contribution in [2.45, 2.75) is 51.5 Å². The lowest BCUT2D eigenvalue weighted by Gasteiger charge is -2.35. The SMILES string of the molecule is COCc1cc(CN)ccc1CN(Cc1nc2ccccc2[nH]1)C1CCCc2cccnc21. The van der Waals surface area contributed by atoms with Crippen molar-refractivity contribution in [1.29, 1.82) is 0 Å². The van der Waals surface area contributed by atoms with Gasteiger partial charge in [-0.15, -0.1) is 0 Å². The van der Waals surface area contributed by atoms with Crippen LogP contribution in [0.5, 0.6) is 0 Å². The van der Waals surface area contributed by atoms with E-state index in [0.29, 0.717) is 13.2 Å². The predicted molar refractivity (Wildman–Crippen MR) is 130 cm³/mol. The average molecular weight is 442 g/mol. The zero-order valence-electron chi connectivity index (χ0n) is 19.1. The Labute approximate surface area is 194 Å².